The quantitative estimate of drug-likeness (QED) is 0.872. The molecular formula is C14H17NOS. The molecule has 3 heteroatoms. The standard InChI is InChI=1S/C14H17NOS/c1-10-4-9-14(17-10)11(2)15-12-5-7-13(16-3)8-6-12/h4-9,11,15H,1-3H3. The van der Waals surface area contributed by atoms with Gasteiger partial charge in [0.2, 0.25) is 0 Å². The lowest BCUT2D eigenvalue weighted by Gasteiger charge is -2.13. The van der Waals surface area contributed by atoms with Gasteiger partial charge in [-0.05, 0) is 50.2 Å². The van der Waals surface area contributed by atoms with Crippen molar-refractivity contribution in [1.82, 2.24) is 0 Å². The Bertz CT molecular complexity index is 475. The maximum absolute atomic E-state index is 5.14. The monoisotopic (exact) mass is 247 g/mol. The summed E-state index contributed by atoms with van der Waals surface area (Å²) < 4.78 is 5.14. The molecule has 0 bridgehead atoms. The topological polar surface area (TPSA) is 21.3 Å². The van der Waals surface area contributed by atoms with Crippen molar-refractivity contribution < 1.29 is 4.74 Å². The third kappa shape index (κ3) is 3.01. The van der Waals surface area contributed by atoms with Gasteiger partial charge in [-0.2, -0.15) is 0 Å². The first-order valence-corrected chi connectivity index (χ1v) is 6.47. The largest absolute Gasteiger partial charge is 0.497 e. The van der Waals surface area contributed by atoms with Crippen LogP contribution in [0.1, 0.15) is 22.7 Å². The molecule has 1 heterocycles. The molecule has 0 amide bonds. The second kappa shape index (κ2) is 5.23. The van der Waals surface area contributed by atoms with Crippen molar-refractivity contribution in [3.63, 3.8) is 0 Å². The molecule has 2 rings (SSSR count). The van der Waals surface area contributed by atoms with Crippen LogP contribution >= 0.6 is 11.3 Å². The molecule has 1 aromatic heterocycles. The number of ether oxygens (including phenoxy) is 1. The number of hydrogen-bond acceptors (Lipinski definition) is 3. The number of anilines is 1. The van der Waals surface area contributed by atoms with E-state index in [0.29, 0.717) is 6.04 Å². The van der Waals surface area contributed by atoms with Gasteiger partial charge in [0.1, 0.15) is 5.75 Å². The summed E-state index contributed by atoms with van der Waals surface area (Å²) in [5.74, 6) is 0.884. The van der Waals surface area contributed by atoms with Crippen molar-refractivity contribution >= 4 is 17.0 Å². The molecule has 1 aromatic carbocycles. The van der Waals surface area contributed by atoms with Gasteiger partial charge in [0.25, 0.3) is 0 Å². The zero-order valence-corrected chi connectivity index (χ0v) is 11.2. The predicted molar refractivity (Wildman–Crippen MR) is 74.1 cm³/mol. The fraction of sp³-hybridized carbons (Fsp3) is 0.286. The third-order valence-electron chi connectivity index (χ3n) is 2.66. The SMILES string of the molecule is COc1ccc(NC(C)c2ccc(C)s2)cc1. The lowest BCUT2D eigenvalue weighted by Crippen LogP contribution is -2.04. The third-order valence-corrected chi connectivity index (χ3v) is 3.84. The maximum atomic E-state index is 5.14. The Labute approximate surface area is 106 Å². The van der Waals surface area contributed by atoms with E-state index in [1.807, 2.05) is 35.6 Å². The number of aryl methyl sites for hydroxylation is 1. The molecule has 1 unspecified atom stereocenters. The molecule has 0 radical (unpaired) electrons. The first-order valence-electron chi connectivity index (χ1n) is 5.66. The van der Waals surface area contributed by atoms with Crippen molar-refractivity contribution in [2.45, 2.75) is 19.9 Å². The van der Waals surface area contributed by atoms with E-state index in [2.05, 4.69) is 31.3 Å². The number of benzene rings is 1. The van der Waals surface area contributed by atoms with E-state index >= 15 is 0 Å². The summed E-state index contributed by atoms with van der Waals surface area (Å²) in [6, 6.07) is 12.7. The van der Waals surface area contributed by atoms with E-state index in [0.717, 1.165) is 11.4 Å². The second-order valence-electron chi connectivity index (χ2n) is 4.04. The van der Waals surface area contributed by atoms with Crippen molar-refractivity contribution in [2.24, 2.45) is 0 Å². The maximum Gasteiger partial charge on any atom is 0.119 e. The number of methoxy groups -OCH3 is 1. The highest BCUT2D eigenvalue weighted by atomic mass is 32.1. The minimum atomic E-state index is 0.335. The van der Waals surface area contributed by atoms with E-state index in [1.165, 1.54) is 9.75 Å². The Morgan fingerprint density at radius 1 is 1.12 bits per heavy atom. The molecule has 0 fully saturated rings. The number of thiophene rings is 1. The molecule has 0 spiro atoms. The highest BCUT2D eigenvalue weighted by Crippen LogP contribution is 2.26. The summed E-state index contributed by atoms with van der Waals surface area (Å²) in [6.07, 6.45) is 0. The van der Waals surface area contributed by atoms with Gasteiger partial charge < -0.3 is 10.1 Å². The van der Waals surface area contributed by atoms with Crippen LogP contribution in [0, 0.1) is 6.92 Å². The van der Waals surface area contributed by atoms with Crippen LogP contribution < -0.4 is 10.1 Å². The summed E-state index contributed by atoms with van der Waals surface area (Å²) in [4.78, 5) is 2.71. The summed E-state index contributed by atoms with van der Waals surface area (Å²) in [5.41, 5.74) is 1.12. The van der Waals surface area contributed by atoms with Crippen molar-refractivity contribution in [3.05, 3.63) is 46.2 Å². The Kier molecular flexibility index (Phi) is 3.69. The Morgan fingerprint density at radius 3 is 2.35 bits per heavy atom. The molecule has 1 N–H and O–H groups in total. The first-order chi connectivity index (χ1) is 8.19. The molecule has 1 atom stereocenters. The molecule has 0 aliphatic carbocycles. The Hall–Kier alpha value is -1.48. The van der Waals surface area contributed by atoms with Crippen LogP contribution in [0.5, 0.6) is 5.75 Å². The average molecular weight is 247 g/mol. The molecule has 90 valence electrons. The van der Waals surface area contributed by atoms with Gasteiger partial charge in [0, 0.05) is 15.4 Å². The Morgan fingerprint density at radius 2 is 1.82 bits per heavy atom. The van der Waals surface area contributed by atoms with Gasteiger partial charge in [-0.1, -0.05) is 0 Å². The molecule has 2 aromatic rings. The zero-order chi connectivity index (χ0) is 12.3. The van der Waals surface area contributed by atoms with Gasteiger partial charge in [-0.15, -0.1) is 11.3 Å². The van der Waals surface area contributed by atoms with Gasteiger partial charge >= 0.3 is 0 Å². The van der Waals surface area contributed by atoms with E-state index < -0.39 is 0 Å². The van der Waals surface area contributed by atoms with Crippen LogP contribution in [0.2, 0.25) is 0 Å². The average Bonchev–Trinajstić information content (AvgIpc) is 2.77. The number of hydrogen-bond donors (Lipinski definition) is 1. The van der Waals surface area contributed by atoms with Crippen molar-refractivity contribution in [2.75, 3.05) is 12.4 Å². The van der Waals surface area contributed by atoms with Crippen LogP contribution in [0.25, 0.3) is 0 Å². The molecule has 0 aliphatic heterocycles. The summed E-state index contributed by atoms with van der Waals surface area (Å²) in [5, 5.41) is 3.48. The summed E-state index contributed by atoms with van der Waals surface area (Å²) in [7, 11) is 1.68. The molecule has 17 heavy (non-hydrogen) atoms. The molecule has 0 aliphatic rings. The van der Waals surface area contributed by atoms with Crippen molar-refractivity contribution in [1.29, 1.82) is 0 Å². The van der Waals surface area contributed by atoms with Gasteiger partial charge in [0.05, 0.1) is 13.2 Å². The highest BCUT2D eigenvalue weighted by Gasteiger charge is 2.07. The van der Waals surface area contributed by atoms with Crippen LogP contribution in [0.3, 0.4) is 0 Å². The Balaban J connectivity index is 2.04. The highest BCUT2D eigenvalue weighted by molar-refractivity contribution is 7.12. The number of rotatable bonds is 4. The molecule has 2 nitrogen and oxygen atoms in total. The van der Waals surface area contributed by atoms with Gasteiger partial charge in [-0.3, -0.25) is 0 Å². The smallest absolute Gasteiger partial charge is 0.119 e. The van der Waals surface area contributed by atoms with Crippen LogP contribution in [0.15, 0.2) is 36.4 Å². The summed E-state index contributed by atoms with van der Waals surface area (Å²) >= 11 is 1.84. The van der Waals surface area contributed by atoms with Gasteiger partial charge in [-0.25, -0.2) is 0 Å². The zero-order valence-electron chi connectivity index (χ0n) is 10.4. The minimum absolute atomic E-state index is 0.335. The van der Waals surface area contributed by atoms with Crippen LogP contribution in [-0.2, 0) is 0 Å². The van der Waals surface area contributed by atoms with Crippen LogP contribution in [0.4, 0.5) is 5.69 Å². The lowest BCUT2D eigenvalue weighted by atomic mass is 10.2. The second-order valence-corrected chi connectivity index (χ2v) is 5.36. The molecular weight excluding hydrogens is 230 g/mol. The fourth-order valence-electron chi connectivity index (χ4n) is 1.69. The molecule has 0 saturated heterocycles. The lowest BCUT2D eigenvalue weighted by molar-refractivity contribution is 0.415. The summed E-state index contributed by atoms with van der Waals surface area (Å²) in [6.45, 7) is 4.31. The molecule has 0 saturated carbocycles. The van der Waals surface area contributed by atoms with Crippen LogP contribution in [-0.4, -0.2) is 7.11 Å². The van der Waals surface area contributed by atoms with E-state index in [4.69, 9.17) is 4.74 Å². The minimum Gasteiger partial charge on any atom is -0.497 e. The fourth-order valence-corrected chi connectivity index (χ4v) is 2.57. The number of nitrogens with one attached hydrogen (secondary N) is 1. The van der Waals surface area contributed by atoms with E-state index in [-0.39, 0.29) is 0 Å². The first kappa shape index (κ1) is 12.0. The normalized spacial score (nSPS) is 12.2. The predicted octanol–water partition coefficient (Wildman–Crippen LogP) is 4.24. The van der Waals surface area contributed by atoms with E-state index in [1.54, 1.807) is 7.11 Å². The van der Waals surface area contributed by atoms with Crippen molar-refractivity contribution in [3.8, 4) is 5.75 Å². The van der Waals surface area contributed by atoms with E-state index in [9.17, 15) is 0 Å². The van der Waals surface area contributed by atoms with Gasteiger partial charge in [0.15, 0.2) is 0 Å².